The lowest BCUT2D eigenvalue weighted by Crippen LogP contribution is -2.53. The van der Waals surface area contributed by atoms with E-state index in [0.717, 1.165) is 57.9 Å². The number of imidazole rings is 1. The highest BCUT2D eigenvalue weighted by atomic mass is 16.2. The maximum absolute atomic E-state index is 12.3. The van der Waals surface area contributed by atoms with Gasteiger partial charge in [-0.15, -0.1) is 0 Å². The summed E-state index contributed by atoms with van der Waals surface area (Å²) in [4.78, 5) is 21.1. The van der Waals surface area contributed by atoms with Crippen LogP contribution in [-0.4, -0.2) is 57.5 Å². The molecule has 2 fully saturated rings. The van der Waals surface area contributed by atoms with Gasteiger partial charge in [0.2, 0.25) is 5.91 Å². The zero-order chi connectivity index (χ0) is 14.8. The summed E-state index contributed by atoms with van der Waals surface area (Å²) >= 11 is 0. The van der Waals surface area contributed by atoms with E-state index in [4.69, 9.17) is 5.73 Å². The van der Waals surface area contributed by atoms with Crippen molar-refractivity contribution in [3.05, 3.63) is 18.2 Å². The SMILES string of the molecule is CCn1ccnc1CN1CCN(C(=O)C2CC(N)C2)CC1. The fraction of sp³-hybridized carbons (Fsp3) is 0.733. The Kier molecular flexibility index (Phi) is 4.26. The number of aryl methyl sites for hydroxylation is 1. The monoisotopic (exact) mass is 291 g/mol. The highest BCUT2D eigenvalue weighted by Crippen LogP contribution is 2.27. The second kappa shape index (κ2) is 6.15. The molecule has 6 nitrogen and oxygen atoms in total. The molecule has 0 radical (unpaired) electrons. The molecule has 1 aliphatic heterocycles. The summed E-state index contributed by atoms with van der Waals surface area (Å²) in [7, 11) is 0. The molecule has 0 bridgehead atoms. The minimum atomic E-state index is 0.186. The molecule has 0 unspecified atom stereocenters. The summed E-state index contributed by atoms with van der Waals surface area (Å²) in [5.41, 5.74) is 5.77. The van der Waals surface area contributed by atoms with Crippen LogP contribution in [0.3, 0.4) is 0 Å². The van der Waals surface area contributed by atoms with Crippen molar-refractivity contribution in [2.24, 2.45) is 11.7 Å². The predicted octanol–water partition coefficient (Wildman–Crippen LogP) is 0.285. The van der Waals surface area contributed by atoms with Crippen LogP contribution in [0.5, 0.6) is 0 Å². The Bertz CT molecular complexity index is 486. The second-order valence-corrected chi connectivity index (χ2v) is 6.16. The molecule has 1 amide bonds. The topological polar surface area (TPSA) is 67.4 Å². The lowest BCUT2D eigenvalue weighted by Gasteiger charge is -2.39. The van der Waals surface area contributed by atoms with Crippen LogP contribution >= 0.6 is 0 Å². The highest BCUT2D eigenvalue weighted by molar-refractivity contribution is 5.80. The van der Waals surface area contributed by atoms with Crippen molar-refractivity contribution < 1.29 is 4.79 Å². The molecule has 0 aromatic carbocycles. The number of nitrogens with zero attached hydrogens (tertiary/aromatic N) is 4. The molecule has 6 heteroatoms. The average Bonchev–Trinajstić information content (AvgIpc) is 2.91. The number of amides is 1. The molecule has 2 aliphatic rings. The van der Waals surface area contributed by atoms with Gasteiger partial charge in [-0.2, -0.15) is 0 Å². The Morgan fingerprint density at radius 2 is 2.05 bits per heavy atom. The number of piperazine rings is 1. The maximum Gasteiger partial charge on any atom is 0.225 e. The molecule has 1 aromatic heterocycles. The van der Waals surface area contributed by atoms with E-state index < -0.39 is 0 Å². The van der Waals surface area contributed by atoms with Gasteiger partial charge < -0.3 is 15.2 Å². The summed E-state index contributed by atoms with van der Waals surface area (Å²) in [6, 6.07) is 0.244. The lowest BCUT2D eigenvalue weighted by molar-refractivity contribution is -0.140. The molecule has 21 heavy (non-hydrogen) atoms. The van der Waals surface area contributed by atoms with Gasteiger partial charge in [0.15, 0.2) is 0 Å². The first-order valence-corrected chi connectivity index (χ1v) is 7.94. The standard InChI is InChI=1S/C15H25N5O/c1-2-19-4-3-17-14(19)11-18-5-7-20(8-6-18)15(21)12-9-13(16)10-12/h3-4,12-13H,2,5-11,16H2,1H3. The Labute approximate surface area is 125 Å². The van der Waals surface area contributed by atoms with E-state index in [1.165, 1.54) is 0 Å². The minimum absolute atomic E-state index is 0.186. The Hall–Kier alpha value is -1.40. The third kappa shape index (κ3) is 3.11. The summed E-state index contributed by atoms with van der Waals surface area (Å²) in [6.07, 6.45) is 5.62. The predicted molar refractivity (Wildman–Crippen MR) is 80.5 cm³/mol. The molecule has 2 N–H and O–H groups in total. The third-order valence-corrected chi connectivity index (χ3v) is 4.72. The second-order valence-electron chi connectivity index (χ2n) is 6.16. The van der Waals surface area contributed by atoms with Gasteiger partial charge in [-0.3, -0.25) is 9.69 Å². The van der Waals surface area contributed by atoms with E-state index >= 15 is 0 Å². The first-order valence-electron chi connectivity index (χ1n) is 7.94. The van der Waals surface area contributed by atoms with Gasteiger partial charge in [0, 0.05) is 57.1 Å². The molecule has 1 aliphatic carbocycles. The van der Waals surface area contributed by atoms with Crippen molar-refractivity contribution in [3.8, 4) is 0 Å². The zero-order valence-electron chi connectivity index (χ0n) is 12.7. The number of aromatic nitrogens is 2. The molecule has 1 saturated heterocycles. The molecule has 0 atom stereocenters. The molecule has 1 aromatic rings. The van der Waals surface area contributed by atoms with Crippen LogP contribution in [0, 0.1) is 5.92 Å². The van der Waals surface area contributed by atoms with Gasteiger partial charge in [-0.05, 0) is 19.8 Å². The number of carbonyl (C=O) groups excluding carboxylic acids is 1. The lowest BCUT2D eigenvalue weighted by atomic mass is 9.80. The Balaban J connectivity index is 1.48. The van der Waals surface area contributed by atoms with Crippen LogP contribution in [0.15, 0.2) is 12.4 Å². The van der Waals surface area contributed by atoms with Crippen LogP contribution in [0.4, 0.5) is 0 Å². The molecule has 3 rings (SSSR count). The summed E-state index contributed by atoms with van der Waals surface area (Å²) in [5.74, 6) is 1.61. The summed E-state index contributed by atoms with van der Waals surface area (Å²) < 4.78 is 2.17. The van der Waals surface area contributed by atoms with Gasteiger partial charge in [0.05, 0.1) is 6.54 Å². The first-order chi connectivity index (χ1) is 10.2. The molecule has 2 heterocycles. The Morgan fingerprint density at radius 1 is 1.33 bits per heavy atom. The van der Waals surface area contributed by atoms with Crippen LogP contribution in [0.25, 0.3) is 0 Å². The fourth-order valence-electron chi connectivity index (χ4n) is 3.23. The number of carbonyl (C=O) groups is 1. The van der Waals surface area contributed by atoms with Crippen molar-refractivity contribution in [1.29, 1.82) is 0 Å². The highest BCUT2D eigenvalue weighted by Gasteiger charge is 2.35. The third-order valence-electron chi connectivity index (χ3n) is 4.72. The van der Waals surface area contributed by atoms with E-state index in [1.807, 2.05) is 17.3 Å². The molecule has 1 saturated carbocycles. The van der Waals surface area contributed by atoms with E-state index in [-0.39, 0.29) is 12.0 Å². The molecule has 0 spiro atoms. The van der Waals surface area contributed by atoms with Crippen molar-refractivity contribution in [2.75, 3.05) is 26.2 Å². The van der Waals surface area contributed by atoms with Crippen molar-refractivity contribution in [1.82, 2.24) is 19.4 Å². The smallest absolute Gasteiger partial charge is 0.225 e. The van der Waals surface area contributed by atoms with Gasteiger partial charge in [-0.1, -0.05) is 0 Å². The van der Waals surface area contributed by atoms with Gasteiger partial charge in [0.1, 0.15) is 5.82 Å². The number of hydrogen-bond donors (Lipinski definition) is 1. The number of nitrogens with two attached hydrogens (primary N) is 1. The van der Waals surface area contributed by atoms with Crippen LogP contribution in [0.2, 0.25) is 0 Å². The number of hydrogen-bond acceptors (Lipinski definition) is 4. The van der Waals surface area contributed by atoms with Gasteiger partial charge >= 0.3 is 0 Å². The first kappa shape index (κ1) is 14.5. The normalized spacial score (nSPS) is 26.7. The van der Waals surface area contributed by atoms with Gasteiger partial charge in [-0.25, -0.2) is 4.98 Å². The fourth-order valence-corrected chi connectivity index (χ4v) is 3.23. The quantitative estimate of drug-likeness (QED) is 0.865. The zero-order valence-corrected chi connectivity index (χ0v) is 12.7. The van der Waals surface area contributed by atoms with E-state index in [0.29, 0.717) is 5.91 Å². The van der Waals surface area contributed by atoms with E-state index in [1.54, 1.807) is 0 Å². The van der Waals surface area contributed by atoms with Crippen molar-refractivity contribution >= 4 is 5.91 Å². The van der Waals surface area contributed by atoms with E-state index in [2.05, 4.69) is 21.4 Å². The summed E-state index contributed by atoms with van der Waals surface area (Å²) in [6.45, 7) is 7.48. The van der Waals surface area contributed by atoms with Crippen LogP contribution in [-0.2, 0) is 17.9 Å². The van der Waals surface area contributed by atoms with Crippen LogP contribution < -0.4 is 5.73 Å². The van der Waals surface area contributed by atoms with E-state index in [9.17, 15) is 4.79 Å². The Morgan fingerprint density at radius 3 is 2.67 bits per heavy atom. The molecular formula is C15H25N5O. The number of rotatable bonds is 4. The van der Waals surface area contributed by atoms with Crippen LogP contribution in [0.1, 0.15) is 25.6 Å². The molecule has 116 valence electrons. The van der Waals surface area contributed by atoms with Crippen molar-refractivity contribution in [3.63, 3.8) is 0 Å². The maximum atomic E-state index is 12.3. The average molecular weight is 291 g/mol. The van der Waals surface area contributed by atoms with Gasteiger partial charge in [0.25, 0.3) is 0 Å². The van der Waals surface area contributed by atoms with Crippen molar-refractivity contribution in [2.45, 2.75) is 38.9 Å². The summed E-state index contributed by atoms with van der Waals surface area (Å²) in [5, 5.41) is 0. The largest absolute Gasteiger partial charge is 0.340 e. The molecular weight excluding hydrogens is 266 g/mol. The minimum Gasteiger partial charge on any atom is -0.340 e.